The van der Waals surface area contributed by atoms with Crippen molar-refractivity contribution in [3.63, 3.8) is 0 Å². The first-order valence-electron chi connectivity index (χ1n) is 9.50. The highest BCUT2D eigenvalue weighted by Gasteiger charge is 2.25. The van der Waals surface area contributed by atoms with E-state index in [4.69, 9.17) is 0 Å². The number of halogens is 2. The molecule has 0 saturated heterocycles. The Morgan fingerprint density at radius 3 is 2.60 bits per heavy atom. The van der Waals surface area contributed by atoms with Crippen LogP contribution in [0.5, 0.6) is 0 Å². The van der Waals surface area contributed by atoms with Crippen LogP contribution in [0, 0.1) is 5.82 Å². The molecule has 2 N–H and O–H groups in total. The fourth-order valence-electron chi connectivity index (χ4n) is 3.42. The molecule has 7 heteroatoms. The number of hydrogen-bond acceptors (Lipinski definition) is 2. The van der Waals surface area contributed by atoms with E-state index in [1.165, 1.54) is 12.1 Å². The zero-order valence-corrected chi connectivity index (χ0v) is 17.6. The van der Waals surface area contributed by atoms with E-state index in [1.54, 1.807) is 23.1 Å². The summed E-state index contributed by atoms with van der Waals surface area (Å²) in [4.78, 5) is 26.8. The number of anilines is 2. The smallest absolute Gasteiger partial charge is 0.319 e. The monoisotopic (exact) mass is 467 g/mol. The maximum atomic E-state index is 13.9. The Bertz CT molecular complexity index is 1100. The van der Waals surface area contributed by atoms with Crippen molar-refractivity contribution >= 4 is 39.2 Å². The predicted molar refractivity (Wildman–Crippen MR) is 118 cm³/mol. The number of fused-ring (bicyclic) bond motifs is 1. The molecule has 4 rings (SSSR count). The van der Waals surface area contributed by atoms with Gasteiger partial charge in [0.1, 0.15) is 5.82 Å². The van der Waals surface area contributed by atoms with Gasteiger partial charge in [-0.1, -0.05) is 46.3 Å². The first-order chi connectivity index (χ1) is 14.5. The number of amides is 3. The Labute approximate surface area is 182 Å². The quantitative estimate of drug-likeness (QED) is 0.559. The lowest BCUT2D eigenvalue weighted by Crippen LogP contribution is -2.30. The number of benzene rings is 3. The van der Waals surface area contributed by atoms with Crippen LogP contribution in [0.4, 0.5) is 20.6 Å². The molecule has 1 heterocycles. The Kier molecular flexibility index (Phi) is 5.81. The summed E-state index contributed by atoms with van der Waals surface area (Å²) in [5.41, 5.74) is 3.56. The van der Waals surface area contributed by atoms with Crippen LogP contribution < -0.4 is 15.5 Å². The molecule has 3 aromatic rings. The van der Waals surface area contributed by atoms with Gasteiger partial charge >= 0.3 is 6.03 Å². The predicted octanol–water partition coefficient (Wildman–Crippen LogP) is 5.11. The molecule has 3 amide bonds. The summed E-state index contributed by atoms with van der Waals surface area (Å²) < 4.78 is 14.5. The largest absolute Gasteiger partial charge is 0.334 e. The van der Waals surface area contributed by atoms with Gasteiger partial charge in [-0.15, -0.1) is 0 Å². The van der Waals surface area contributed by atoms with Gasteiger partial charge in [-0.2, -0.15) is 0 Å². The summed E-state index contributed by atoms with van der Waals surface area (Å²) in [7, 11) is 0. The third-order valence-corrected chi connectivity index (χ3v) is 5.44. The van der Waals surface area contributed by atoms with Crippen molar-refractivity contribution in [1.82, 2.24) is 5.32 Å². The van der Waals surface area contributed by atoms with Crippen LogP contribution in [0.25, 0.3) is 0 Å². The summed E-state index contributed by atoms with van der Waals surface area (Å²) in [5.74, 6) is -0.560. The second kappa shape index (κ2) is 8.67. The van der Waals surface area contributed by atoms with Crippen molar-refractivity contribution in [2.45, 2.75) is 13.0 Å². The van der Waals surface area contributed by atoms with Gasteiger partial charge in [-0.3, -0.25) is 4.79 Å². The van der Waals surface area contributed by atoms with Crippen molar-refractivity contribution in [3.8, 4) is 0 Å². The zero-order chi connectivity index (χ0) is 21.1. The average molecular weight is 468 g/mol. The molecule has 1 aliphatic heterocycles. The van der Waals surface area contributed by atoms with E-state index in [0.717, 1.165) is 23.2 Å². The van der Waals surface area contributed by atoms with Gasteiger partial charge in [0.15, 0.2) is 0 Å². The van der Waals surface area contributed by atoms with Crippen LogP contribution in [0.1, 0.15) is 21.5 Å². The van der Waals surface area contributed by atoms with Crippen molar-refractivity contribution in [3.05, 3.63) is 93.7 Å². The van der Waals surface area contributed by atoms with E-state index >= 15 is 0 Å². The standard InChI is InChI=1S/C23H19BrFN3O2/c24-18-8-9-20(19(25)13-18)27-23(30)26-14-15-6-7-16-10-11-28(21(16)12-15)22(29)17-4-2-1-3-5-17/h1-9,12-13H,10-11,14H2,(H2,26,27,30). The summed E-state index contributed by atoms with van der Waals surface area (Å²) in [6, 6.07) is 18.9. The Balaban J connectivity index is 1.43. The van der Waals surface area contributed by atoms with Crippen LogP contribution in [-0.4, -0.2) is 18.5 Å². The normalized spacial score (nSPS) is 12.4. The van der Waals surface area contributed by atoms with Gasteiger partial charge in [-0.05, 0) is 53.9 Å². The molecular formula is C23H19BrFN3O2. The minimum Gasteiger partial charge on any atom is -0.334 e. The third-order valence-electron chi connectivity index (χ3n) is 4.94. The second-order valence-corrected chi connectivity index (χ2v) is 7.88. The molecular weight excluding hydrogens is 449 g/mol. The highest BCUT2D eigenvalue weighted by atomic mass is 79.9. The molecule has 3 aromatic carbocycles. The molecule has 0 fully saturated rings. The SMILES string of the molecule is O=C(NCc1ccc2c(c1)N(C(=O)c1ccccc1)CC2)Nc1ccc(Br)cc1F. The number of nitrogens with one attached hydrogen (secondary N) is 2. The van der Waals surface area contributed by atoms with Gasteiger partial charge in [-0.25, -0.2) is 9.18 Å². The summed E-state index contributed by atoms with van der Waals surface area (Å²) in [6.45, 7) is 0.883. The maximum Gasteiger partial charge on any atom is 0.319 e. The van der Waals surface area contributed by atoms with Crippen molar-refractivity contribution in [2.75, 3.05) is 16.8 Å². The lowest BCUT2D eigenvalue weighted by molar-refractivity contribution is 0.0989. The fraction of sp³-hybridized carbons (Fsp3) is 0.130. The minimum absolute atomic E-state index is 0.0390. The fourth-order valence-corrected chi connectivity index (χ4v) is 3.76. The average Bonchev–Trinajstić information content (AvgIpc) is 3.17. The van der Waals surface area contributed by atoms with Gasteiger partial charge in [0.25, 0.3) is 5.91 Å². The van der Waals surface area contributed by atoms with Crippen LogP contribution in [-0.2, 0) is 13.0 Å². The third kappa shape index (κ3) is 4.36. The van der Waals surface area contributed by atoms with Gasteiger partial charge in [0.05, 0.1) is 5.69 Å². The van der Waals surface area contributed by atoms with Crippen molar-refractivity contribution in [1.29, 1.82) is 0 Å². The first kappa shape index (κ1) is 20.1. The van der Waals surface area contributed by atoms with E-state index in [9.17, 15) is 14.0 Å². The molecule has 1 aliphatic rings. The van der Waals surface area contributed by atoms with Crippen molar-refractivity contribution in [2.24, 2.45) is 0 Å². The van der Waals surface area contributed by atoms with E-state index in [0.29, 0.717) is 16.6 Å². The highest BCUT2D eigenvalue weighted by molar-refractivity contribution is 9.10. The number of nitrogens with zero attached hydrogens (tertiary/aromatic N) is 1. The molecule has 0 atom stereocenters. The lowest BCUT2D eigenvalue weighted by Gasteiger charge is -2.18. The summed E-state index contributed by atoms with van der Waals surface area (Å²) in [6.07, 6.45) is 0.797. The first-order valence-corrected chi connectivity index (χ1v) is 10.3. The van der Waals surface area contributed by atoms with E-state index < -0.39 is 11.8 Å². The number of carbonyl (C=O) groups excluding carboxylic acids is 2. The number of rotatable bonds is 4. The molecule has 0 aliphatic carbocycles. The van der Waals surface area contributed by atoms with Crippen molar-refractivity contribution < 1.29 is 14.0 Å². The van der Waals surface area contributed by atoms with Gasteiger partial charge in [0, 0.05) is 28.8 Å². The molecule has 152 valence electrons. The summed E-state index contributed by atoms with van der Waals surface area (Å²) >= 11 is 3.18. The van der Waals surface area contributed by atoms with Crippen LogP contribution in [0.3, 0.4) is 0 Å². The molecule has 30 heavy (non-hydrogen) atoms. The molecule has 0 aromatic heterocycles. The molecule has 0 saturated carbocycles. The van der Waals surface area contributed by atoms with Crippen LogP contribution in [0.2, 0.25) is 0 Å². The molecule has 0 spiro atoms. The summed E-state index contributed by atoms with van der Waals surface area (Å²) in [5, 5.41) is 5.22. The zero-order valence-electron chi connectivity index (χ0n) is 16.0. The molecule has 5 nitrogen and oxygen atoms in total. The molecule has 0 unspecified atom stereocenters. The second-order valence-electron chi connectivity index (χ2n) is 6.97. The Morgan fingerprint density at radius 2 is 1.83 bits per heavy atom. The number of hydrogen-bond donors (Lipinski definition) is 2. The maximum absolute atomic E-state index is 13.9. The highest BCUT2D eigenvalue weighted by Crippen LogP contribution is 2.30. The lowest BCUT2D eigenvalue weighted by atomic mass is 10.1. The number of carbonyl (C=O) groups is 2. The Morgan fingerprint density at radius 1 is 1.03 bits per heavy atom. The van der Waals surface area contributed by atoms with Gasteiger partial charge in [0.2, 0.25) is 0 Å². The molecule has 0 bridgehead atoms. The molecule has 0 radical (unpaired) electrons. The van der Waals surface area contributed by atoms with Crippen LogP contribution >= 0.6 is 15.9 Å². The number of urea groups is 1. The van der Waals surface area contributed by atoms with E-state index in [-0.39, 0.29) is 18.1 Å². The van der Waals surface area contributed by atoms with E-state index in [1.807, 2.05) is 36.4 Å². The Hall–Kier alpha value is -3.19. The topological polar surface area (TPSA) is 61.4 Å². The van der Waals surface area contributed by atoms with Crippen LogP contribution in [0.15, 0.2) is 71.2 Å². The van der Waals surface area contributed by atoms with E-state index in [2.05, 4.69) is 26.6 Å². The van der Waals surface area contributed by atoms with Gasteiger partial charge < -0.3 is 15.5 Å². The minimum atomic E-state index is -0.521.